The Kier molecular flexibility index (Phi) is 7.88. The maximum Gasteiger partial charge on any atom is 0.225 e. The zero-order chi connectivity index (χ0) is 21.3. The van der Waals surface area contributed by atoms with Gasteiger partial charge in [-0.05, 0) is 63.8 Å². The molecule has 1 fully saturated rings. The van der Waals surface area contributed by atoms with Crippen molar-refractivity contribution >= 4 is 11.9 Å². The number of anilines is 1. The number of nitrogens with one attached hydrogen (secondary N) is 1. The van der Waals surface area contributed by atoms with Gasteiger partial charge >= 0.3 is 0 Å². The largest absolute Gasteiger partial charge is 0.490 e. The number of aryl methyl sites for hydroxylation is 1. The highest BCUT2D eigenvalue weighted by Gasteiger charge is 2.27. The molecule has 1 aromatic carbocycles. The van der Waals surface area contributed by atoms with Crippen LogP contribution in [0.2, 0.25) is 0 Å². The Bertz CT molecular complexity index is 843. The van der Waals surface area contributed by atoms with Gasteiger partial charge in [-0.25, -0.2) is 9.97 Å². The van der Waals surface area contributed by atoms with Gasteiger partial charge in [0, 0.05) is 31.5 Å². The van der Waals surface area contributed by atoms with Gasteiger partial charge in [-0.2, -0.15) is 0 Å². The normalized spacial score (nSPS) is 16.2. The third-order valence-corrected chi connectivity index (χ3v) is 5.18. The van der Waals surface area contributed by atoms with Crippen LogP contribution in [0.25, 0.3) is 0 Å². The number of carbonyl (C=O) groups is 1. The Balaban J connectivity index is 1.52. The van der Waals surface area contributed by atoms with Gasteiger partial charge in [0.1, 0.15) is 0 Å². The minimum absolute atomic E-state index is 0.0396. The van der Waals surface area contributed by atoms with Gasteiger partial charge in [-0.1, -0.05) is 6.07 Å². The highest BCUT2D eigenvalue weighted by Crippen LogP contribution is 2.28. The molecule has 0 bridgehead atoms. The molecule has 30 heavy (non-hydrogen) atoms. The summed E-state index contributed by atoms with van der Waals surface area (Å²) in [7, 11) is 0. The van der Waals surface area contributed by atoms with Crippen molar-refractivity contribution < 1.29 is 14.3 Å². The monoisotopic (exact) mass is 412 g/mol. The molecular weight excluding hydrogens is 380 g/mol. The number of ether oxygens (including phenoxy) is 2. The van der Waals surface area contributed by atoms with Crippen molar-refractivity contribution in [3.63, 3.8) is 0 Å². The summed E-state index contributed by atoms with van der Waals surface area (Å²) < 4.78 is 11.3. The molecule has 1 aliphatic heterocycles. The molecule has 0 radical (unpaired) electrons. The predicted octanol–water partition coefficient (Wildman–Crippen LogP) is 3.16. The molecule has 1 saturated heterocycles. The van der Waals surface area contributed by atoms with Crippen LogP contribution in [0.1, 0.15) is 37.9 Å². The van der Waals surface area contributed by atoms with E-state index >= 15 is 0 Å². The lowest BCUT2D eigenvalue weighted by Gasteiger charge is -2.32. The van der Waals surface area contributed by atoms with Crippen LogP contribution in [0.3, 0.4) is 0 Å². The summed E-state index contributed by atoms with van der Waals surface area (Å²) in [6, 6.07) is 7.84. The van der Waals surface area contributed by atoms with E-state index in [1.54, 1.807) is 6.20 Å². The van der Waals surface area contributed by atoms with Crippen molar-refractivity contribution in [2.75, 3.05) is 37.7 Å². The summed E-state index contributed by atoms with van der Waals surface area (Å²) in [5.74, 6) is 2.29. The van der Waals surface area contributed by atoms with Crippen molar-refractivity contribution in [1.29, 1.82) is 0 Å². The number of piperidine rings is 1. The van der Waals surface area contributed by atoms with E-state index in [-0.39, 0.29) is 11.8 Å². The van der Waals surface area contributed by atoms with E-state index in [9.17, 15) is 4.79 Å². The molecule has 0 saturated carbocycles. The van der Waals surface area contributed by atoms with Crippen molar-refractivity contribution in [3.05, 3.63) is 41.7 Å². The van der Waals surface area contributed by atoms with E-state index in [4.69, 9.17) is 9.47 Å². The number of amides is 1. The minimum atomic E-state index is -0.0396. The Labute approximate surface area is 178 Å². The maximum absolute atomic E-state index is 12.7. The lowest BCUT2D eigenvalue weighted by molar-refractivity contribution is -0.125. The molecule has 1 atom stereocenters. The molecule has 1 aromatic heterocycles. The van der Waals surface area contributed by atoms with Gasteiger partial charge in [0.05, 0.1) is 19.1 Å². The van der Waals surface area contributed by atoms with Crippen LogP contribution in [0.15, 0.2) is 30.5 Å². The van der Waals surface area contributed by atoms with E-state index in [2.05, 4.69) is 20.2 Å². The fourth-order valence-electron chi connectivity index (χ4n) is 3.69. The summed E-state index contributed by atoms with van der Waals surface area (Å²) in [6.45, 7) is 9.19. The Hall–Kier alpha value is -2.83. The van der Waals surface area contributed by atoms with Crippen LogP contribution < -0.4 is 19.7 Å². The Morgan fingerprint density at radius 2 is 2.00 bits per heavy atom. The number of nitrogens with zero attached hydrogens (tertiary/aromatic N) is 3. The molecule has 7 nitrogen and oxygen atoms in total. The van der Waals surface area contributed by atoms with Gasteiger partial charge < -0.3 is 19.7 Å². The second kappa shape index (κ2) is 10.8. The first-order valence-electron chi connectivity index (χ1n) is 10.8. The first-order valence-corrected chi connectivity index (χ1v) is 10.8. The van der Waals surface area contributed by atoms with Crippen LogP contribution in [-0.2, 0) is 11.2 Å². The standard InChI is InChI=1S/C23H32N4O3/c1-4-29-20-9-8-18(15-21(20)30-5-2)11-13-24-22(28)19-7-6-14-27(16-19)23-25-12-10-17(3)26-23/h8-10,12,15,19H,4-7,11,13-14,16H2,1-3H3,(H,24,28)/t19-/m1/s1. The van der Waals surface area contributed by atoms with E-state index in [0.717, 1.165) is 48.6 Å². The second-order valence-corrected chi connectivity index (χ2v) is 7.47. The van der Waals surface area contributed by atoms with Crippen molar-refractivity contribution in [1.82, 2.24) is 15.3 Å². The lowest BCUT2D eigenvalue weighted by atomic mass is 9.97. The minimum Gasteiger partial charge on any atom is -0.490 e. The first kappa shape index (κ1) is 21.9. The lowest BCUT2D eigenvalue weighted by Crippen LogP contribution is -2.44. The molecule has 0 unspecified atom stereocenters. The number of hydrogen-bond acceptors (Lipinski definition) is 6. The van der Waals surface area contributed by atoms with E-state index in [1.807, 2.05) is 45.0 Å². The van der Waals surface area contributed by atoms with Crippen molar-refractivity contribution in [2.45, 2.75) is 40.0 Å². The van der Waals surface area contributed by atoms with Crippen LogP contribution in [0.4, 0.5) is 5.95 Å². The number of carbonyl (C=O) groups excluding carboxylic acids is 1. The number of rotatable bonds is 9. The fraction of sp³-hybridized carbons (Fsp3) is 0.522. The van der Waals surface area contributed by atoms with Gasteiger partial charge in [0.25, 0.3) is 0 Å². The third-order valence-electron chi connectivity index (χ3n) is 5.18. The van der Waals surface area contributed by atoms with E-state index < -0.39 is 0 Å². The average Bonchev–Trinajstić information content (AvgIpc) is 2.76. The smallest absolute Gasteiger partial charge is 0.225 e. The number of hydrogen-bond donors (Lipinski definition) is 1. The molecule has 2 aromatic rings. The number of benzene rings is 1. The molecule has 7 heteroatoms. The summed E-state index contributed by atoms with van der Waals surface area (Å²) in [5.41, 5.74) is 2.05. The number of aromatic nitrogens is 2. The highest BCUT2D eigenvalue weighted by molar-refractivity contribution is 5.79. The molecule has 3 rings (SSSR count). The Morgan fingerprint density at radius 3 is 2.77 bits per heavy atom. The second-order valence-electron chi connectivity index (χ2n) is 7.47. The highest BCUT2D eigenvalue weighted by atomic mass is 16.5. The molecule has 1 N–H and O–H groups in total. The summed E-state index contributed by atoms with van der Waals surface area (Å²) in [4.78, 5) is 23.7. The van der Waals surface area contributed by atoms with Gasteiger partial charge in [0.15, 0.2) is 11.5 Å². The van der Waals surface area contributed by atoms with E-state index in [0.29, 0.717) is 32.3 Å². The van der Waals surface area contributed by atoms with Crippen LogP contribution in [0, 0.1) is 12.8 Å². The van der Waals surface area contributed by atoms with Crippen LogP contribution in [0.5, 0.6) is 11.5 Å². The molecule has 0 spiro atoms. The van der Waals surface area contributed by atoms with Gasteiger partial charge in [-0.15, -0.1) is 0 Å². The quantitative estimate of drug-likeness (QED) is 0.682. The summed E-state index contributed by atoms with van der Waals surface area (Å²) in [6.07, 6.45) is 4.38. The van der Waals surface area contributed by atoms with Crippen LogP contribution in [-0.4, -0.2) is 48.7 Å². The average molecular weight is 413 g/mol. The fourth-order valence-corrected chi connectivity index (χ4v) is 3.69. The molecule has 2 heterocycles. The van der Waals surface area contributed by atoms with E-state index in [1.165, 1.54) is 0 Å². The van der Waals surface area contributed by atoms with Crippen molar-refractivity contribution in [2.24, 2.45) is 5.92 Å². The van der Waals surface area contributed by atoms with Crippen LogP contribution >= 0.6 is 0 Å². The SMILES string of the molecule is CCOc1ccc(CCNC(=O)[C@@H]2CCCN(c3nccc(C)n3)C2)cc1OCC. The van der Waals surface area contributed by atoms with Gasteiger partial charge in [-0.3, -0.25) is 4.79 Å². The molecule has 1 aliphatic rings. The zero-order valence-electron chi connectivity index (χ0n) is 18.2. The zero-order valence-corrected chi connectivity index (χ0v) is 18.2. The first-order chi connectivity index (χ1) is 14.6. The molecule has 1 amide bonds. The Morgan fingerprint density at radius 1 is 1.20 bits per heavy atom. The maximum atomic E-state index is 12.7. The molecule has 162 valence electrons. The third kappa shape index (κ3) is 5.84. The van der Waals surface area contributed by atoms with Gasteiger partial charge in [0.2, 0.25) is 11.9 Å². The predicted molar refractivity (Wildman–Crippen MR) is 117 cm³/mol. The molecular formula is C23H32N4O3. The molecule has 0 aliphatic carbocycles. The van der Waals surface area contributed by atoms with Crippen molar-refractivity contribution in [3.8, 4) is 11.5 Å². The summed E-state index contributed by atoms with van der Waals surface area (Å²) in [5, 5.41) is 3.10. The summed E-state index contributed by atoms with van der Waals surface area (Å²) >= 11 is 0. The topological polar surface area (TPSA) is 76.6 Å².